The molecule has 4 rings (SSSR count). The van der Waals surface area contributed by atoms with Crippen molar-refractivity contribution in [3.63, 3.8) is 0 Å². The molecule has 0 N–H and O–H groups in total. The van der Waals surface area contributed by atoms with Crippen molar-refractivity contribution < 1.29 is 4.42 Å². The van der Waals surface area contributed by atoms with Gasteiger partial charge in [-0.15, -0.1) is 0 Å². The third-order valence-electron chi connectivity index (χ3n) is 5.13. The van der Waals surface area contributed by atoms with Crippen molar-refractivity contribution in [1.82, 2.24) is 9.47 Å². The van der Waals surface area contributed by atoms with Gasteiger partial charge < -0.3 is 8.98 Å². The lowest BCUT2D eigenvalue weighted by Crippen LogP contribution is -2.26. The van der Waals surface area contributed by atoms with Crippen LogP contribution in [0, 0.1) is 5.92 Å². The Morgan fingerprint density at radius 1 is 1.26 bits per heavy atom. The molecule has 23 heavy (non-hydrogen) atoms. The molecule has 2 heterocycles. The Bertz CT molecular complexity index is 757. The zero-order chi connectivity index (χ0) is 16.0. The van der Waals surface area contributed by atoms with Gasteiger partial charge >= 0.3 is 0 Å². The maximum absolute atomic E-state index is 11.8. The number of rotatable bonds is 6. The summed E-state index contributed by atoms with van der Waals surface area (Å²) in [5.41, 5.74) is 1.14. The second-order valence-corrected chi connectivity index (χ2v) is 7.24. The first-order chi connectivity index (χ1) is 11.1. The second kappa shape index (κ2) is 5.68. The fraction of sp³-hybridized carbons (Fsp3) is 0.526. The van der Waals surface area contributed by atoms with Crippen LogP contribution in [-0.2, 0) is 20.1 Å². The highest BCUT2D eigenvalue weighted by atomic mass is 16.3. The molecule has 2 aromatic heterocycles. The number of pyridine rings is 1. The van der Waals surface area contributed by atoms with E-state index in [0.717, 1.165) is 36.1 Å². The first-order valence-electron chi connectivity index (χ1n) is 8.58. The van der Waals surface area contributed by atoms with Crippen LogP contribution in [0.25, 0.3) is 0 Å². The maximum Gasteiger partial charge on any atom is 0.250 e. The quantitative estimate of drug-likeness (QED) is 0.822. The van der Waals surface area contributed by atoms with E-state index in [-0.39, 0.29) is 5.56 Å². The first-order valence-corrected chi connectivity index (χ1v) is 8.58. The van der Waals surface area contributed by atoms with Crippen molar-refractivity contribution in [2.45, 2.75) is 51.2 Å². The molecule has 0 aromatic carbocycles. The lowest BCUT2D eigenvalue weighted by Gasteiger charge is -2.21. The Morgan fingerprint density at radius 3 is 2.70 bits per heavy atom. The van der Waals surface area contributed by atoms with Gasteiger partial charge in [0.1, 0.15) is 11.5 Å². The fourth-order valence-electron chi connectivity index (χ4n) is 3.27. The topological polar surface area (TPSA) is 38.4 Å². The molecule has 2 aliphatic rings. The average molecular weight is 312 g/mol. The number of furan rings is 1. The third kappa shape index (κ3) is 3.27. The fourth-order valence-corrected chi connectivity index (χ4v) is 3.27. The van der Waals surface area contributed by atoms with E-state index in [2.05, 4.69) is 24.0 Å². The Morgan fingerprint density at radius 2 is 2.04 bits per heavy atom. The van der Waals surface area contributed by atoms with Crippen LogP contribution < -0.4 is 5.56 Å². The van der Waals surface area contributed by atoms with Crippen molar-refractivity contribution in [3.8, 4) is 0 Å². The number of hydrogen-bond acceptors (Lipinski definition) is 3. The van der Waals surface area contributed by atoms with E-state index in [0.29, 0.717) is 12.0 Å². The minimum atomic E-state index is 0.0567. The molecule has 2 atom stereocenters. The molecule has 0 aliphatic heterocycles. The molecule has 2 aliphatic carbocycles. The molecule has 4 nitrogen and oxygen atoms in total. The number of aryl methyl sites for hydroxylation is 1. The summed E-state index contributed by atoms with van der Waals surface area (Å²) in [7, 11) is 1.79. The molecular formula is C19H24N2O2. The molecular weight excluding hydrogens is 288 g/mol. The average Bonchev–Trinajstić information content (AvgIpc) is 3.44. The summed E-state index contributed by atoms with van der Waals surface area (Å²) < 4.78 is 7.67. The highest BCUT2D eigenvalue weighted by Crippen LogP contribution is 2.47. The van der Waals surface area contributed by atoms with Gasteiger partial charge in [-0.2, -0.15) is 0 Å². The highest BCUT2D eigenvalue weighted by molar-refractivity contribution is 5.18. The summed E-state index contributed by atoms with van der Waals surface area (Å²) in [6.07, 6.45) is 5.60. The van der Waals surface area contributed by atoms with Crippen LogP contribution in [0.5, 0.6) is 0 Å². The van der Waals surface area contributed by atoms with Gasteiger partial charge in [0.15, 0.2) is 0 Å². The molecule has 0 bridgehead atoms. The summed E-state index contributed by atoms with van der Waals surface area (Å²) in [5, 5.41) is 0. The normalized spacial score (nSPS) is 23.4. The summed E-state index contributed by atoms with van der Waals surface area (Å²) in [4.78, 5) is 14.2. The van der Waals surface area contributed by atoms with Gasteiger partial charge in [-0.3, -0.25) is 9.69 Å². The van der Waals surface area contributed by atoms with Crippen LogP contribution in [0.15, 0.2) is 39.7 Å². The summed E-state index contributed by atoms with van der Waals surface area (Å²) >= 11 is 0. The van der Waals surface area contributed by atoms with E-state index < -0.39 is 0 Å². The molecule has 2 aromatic rings. The standard InChI is InChI=1S/C19H24N2O2/c1-13-9-17(13)18-6-5-16(23-18)12-21(15-3-4-15)11-14-7-8-20(2)19(22)10-14/h5-8,10,13,15,17H,3-4,9,11-12H2,1-2H3/t13-,17-/m0/s1. The van der Waals surface area contributed by atoms with Crippen molar-refractivity contribution in [1.29, 1.82) is 0 Å². The summed E-state index contributed by atoms with van der Waals surface area (Å²) in [6, 6.07) is 8.69. The molecule has 0 unspecified atom stereocenters. The number of aromatic nitrogens is 1. The van der Waals surface area contributed by atoms with Crippen molar-refractivity contribution >= 4 is 0 Å². The Labute approximate surface area is 136 Å². The van der Waals surface area contributed by atoms with Crippen LogP contribution in [0.2, 0.25) is 0 Å². The number of hydrogen-bond donors (Lipinski definition) is 0. The molecule has 0 radical (unpaired) electrons. The zero-order valence-electron chi connectivity index (χ0n) is 13.9. The minimum absolute atomic E-state index is 0.0567. The van der Waals surface area contributed by atoms with Gasteiger partial charge in [0.2, 0.25) is 0 Å². The lowest BCUT2D eigenvalue weighted by molar-refractivity contribution is 0.223. The van der Waals surface area contributed by atoms with Crippen LogP contribution >= 0.6 is 0 Å². The van der Waals surface area contributed by atoms with E-state index in [9.17, 15) is 4.79 Å². The van der Waals surface area contributed by atoms with Crippen molar-refractivity contribution in [2.24, 2.45) is 13.0 Å². The van der Waals surface area contributed by atoms with Gasteiger partial charge in [-0.25, -0.2) is 0 Å². The van der Waals surface area contributed by atoms with Gasteiger partial charge in [0.25, 0.3) is 5.56 Å². The number of nitrogens with zero attached hydrogens (tertiary/aromatic N) is 2. The highest BCUT2D eigenvalue weighted by Gasteiger charge is 2.37. The Kier molecular flexibility index (Phi) is 3.64. The second-order valence-electron chi connectivity index (χ2n) is 7.24. The third-order valence-corrected chi connectivity index (χ3v) is 5.13. The Balaban J connectivity index is 1.46. The zero-order valence-corrected chi connectivity index (χ0v) is 13.9. The molecule has 2 fully saturated rings. The van der Waals surface area contributed by atoms with Crippen molar-refractivity contribution in [3.05, 3.63) is 57.9 Å². The van der Waals surface area contributed by atoms with Crippen LogP contribution in [0.3, 0.4) is 0 Å². The van der Waals surface area contributed by atoms with Crippen molar-refractivity contribution in [2.75, 3.05) is 0 Å². The molecule has 122 valence electrons. The van der Waals surface area contributed by atoms with Crippen LogP contribution in [0.1, 0.15) is 49.2 Å². The smallest absolute Gasteiger partial charge is 0.250 e. The van der Waals surface area contributed by atoms with Crippen LogP contribution in [-0.4, -0.2) is 15.5 Å². The molecule has 2 saturated carbocycles. The molecule has 4 heteroatoms. The maximum atomic E-state index is 11.8. The predicted octanol–water partition coefficient (Wildman–Crippen LogP) is 3.27. The minimum Gasteiger partial charge on any atom is -0.464 e. The molecule has 0 saturated heterocycles. The summed E-state index contributed by atoms with van der Waals surface area (Å²) in [6.45, 7) is 3.93. The van der Waals surface area contributed by atoms with Gasteiger partial charge in [-0.05, 0) is 48.9 Å². The largest absolute Gasteiger partial charge is 0.464 e. The van der Waals surface area contributed by atoms with Gasteiger partial charge in [0, 0.05) is 37.8 Å². The lowest BCUT2D eigenvalue weighted by atomic mass is 10.2. The SMILES string of the molecule is C[C@H]1C[C@@H]1c1ccc(CN(Cc2ccn(C)c(=O)c2)C2CC2)o1. The van der Waals surface area contributed by atoms with E-state index in [1.807, 2.05) is 12.3 Å². The Hall–Kier alpha value is -1.81. The van der Waals surface area contributed by atoms with Gasteiger partial charge in [-0.1, -0.05) is 6.92 Å². The monoisotopic (exact) mass is 312 g/mol. The van der Waals surface area contributed by atoms with E-state index >= 15 is 0 Å². The van der Waals surface area contributed by atoms with Gasteiger partial charge in [0.05, 0.1) is 6.54 Å². The van der Waals surface area contributed by atoms with Crippen LogP contribution in [0.4, 0.5) is 0 Å². The van der Waals surface area contributed by atoms with E-state index in [4.69, 9.17) is 4.42 Å². The van der Waals surface area contributed by atoms with E-state index in [1.165, 1.54) is 19.3 Å². The predicted molar refractivity (Wildman–Crippen MR) is 89.2 cm³/mol. The summed E-state index contributed by atoms with van der Waals surface area (Å²) in [5.74, 6) is 3.61. The molecule has 0 amide bonds. The first kappa shape index (κ1) is 14.8. The molecule has 0 spiro atoms. The van der Waals surface area contributed by atoms with E-state index in [1.54, 1.807) is 17.7 Å².